The summed E-state index contributed by atoms with van der Waals surface area (Å²) in [4.78, 5) is 4.86. The van der Waals surface area contributed by atoms with E-state index in [0.717, 1.165) is 22.7 Å². The van der Waals surface area contributed by atoms with Crippen molar-refractivity contribution in [2.45, 2.75) is 0 Å². The summed E-state index contributed by atoms with van der Waals surface area (Å²) >= 11 is 0. The summed E-state index contributed by atoms with van der Waals surface area (Å²) in [5, 5.41) is 0. The zero-order chi connectivity index (χ0) is 37.0. The highest BCUT2D eigenvalue weighted by Gasteiger charge is 2.28. The van der Waals surface area contributed by atoms with Crippen molar-refractivity contribution in [3.8, 4) is 66.8 Å². The van der Waals surface area contributed by atoms with Gasteiger partial charge < -0.3 is 9.80 Å². The second-order valence-electron chi connectivity index (χ2n) is 14.5. The number of nitrogens with zero attached hydrogens (tertiary/aromatic N) is 2. The molecule has 0 aliphatic carbocycles. The van der Waals surface area contributed by atoms with Crippen LogP contribution in [0.15, 0.2) is 218 Å². The third-order valence-electron chi connectivity index (χ3n) is 11.3. The average molecular weight is 713 g/mol. The van der Waals surface area contributed by atoms with Gasteiger partial charge in [-0.05, 0) is 105 Å². The molecule has 0 amide bonds. The first-order chi connectivity index (χ1) is 27.8. The number of hydrogen-bond donors (Lipinski definition) is 0. The fraction of sp³-hybridized carbons (Fsp3) is 0. The highest BCUT2D eigenvalue weighted by molar-refractivity contribution is 6.05. The third kappa shape index (κ3) is 5.19. The van der Waals surface area contributed by atoms with E-state index in [9.17, 15) is 0 Å². The van der Waals surface area contributed by atoms with Crippen LogP contribution < -0.4 is 9.80 Å². The Balaban J connectivity index is 1.12. The molecule has 262 valence electrons. The summed E-state index contributed by atoms with van der Waals surface area (Å²) < 4.78 is 0. The van der Waals surface area contributed by atoms with Crippen molar-refractivity contribution in [1.29, 1.82) is 0 Å². The van der Waals surface area contributed by atoms with Crippen LogP contribution in [0.4, 0.5) is 34.1 Å². The molecule has 0 unspecified atom stereocenters. The molecule has 0 atom stereocenters. The van der Waals surface area contributed by atoms with Gasteiger partial charge in [0.25, 0.3) is 0 Å². The Kier molecular flexibility index (Phi) is 7.53. The highest BCUT2D eigenvalue weighted by atomic mass is 15.2. The van der Waals surface area contributed by atoms with Gasteiger partial charge in [-0.3, -0.25) is 0 Å². The van der Waals surface area contributed by atoms with Crippen molar-refractivity contribution in [3.05, 3.63) is 218 Å². The van der Waals surface area contributed by atoms with Gasteiger partial charge in [-0.2, -0.15) is 0 Å². The Morgan fingerprint density at radius 3 is 1.09 bits per heavy atom. The molecule has 0 saturated carbocycles. The smallest absolute Gasteiger partial charge is 0.0540 e. The van der Waals surface area contributed by atoms with Gasteiger partial charge in [0.1, 0.15) is 0 Å². The summed E-state index contributed by atoms with van der Waals surface area (Å²) in [6.45, 7) is 0. The minimum absolute atomic E-state index is 1.13. The largest absolute Gasteiger partial charge is 0.309 e. The lowest BCUT2D eigenvalue weighted by atomic mass is 9.90. The Labute approximate surface area is 327 Å². The number of anilines is 6. The molecule has 2 aliphatic heterocycles. The summed E-state index contributed by atoms with van der Waals surface area (Å²) in [5.41, 5.74) is 21.5. The zero-order valence-corrected chi connectivity index (χ0v) is 30.7. The van der Waals surface area contributed by atoms with Crippen LogP contribution in [0.5, 0.6) is 0 Å². The van der Waals surface area contributed by atoms with Crippen LogP contribution in [0.3, 0.4) is 0 Å². The van der Waals surface area contributed by atoms with Crippen molar-refractivity contribution in [1.82, 2.24) is 0 Å². The number of para-hydroxylation sites is 3. The minimum atomic E-state index is 1.13. The van der Waals surface area contributed by atoms with Crippen LogP contribution in [0.25, 0.3) is 66.8 Å². The first kappa shape index (κ1) is 32.0. The molecule has 2 nitrogen and oxygen atoms in total. The molecule has 2 heteroatoms. The second-order valence-corrected chi connectivity index (χ2v) is 14.5. The lowest BCUT2D eigenvalue weighted by Gasteiger charge is -2.28. The van der Waals surface area contributed by atoms with Gasteiger partial charge >= 0.3 is 0 Å². The summed E-state index contributed by atoms with van der Waals surface area (Å²) in [7, 11) is 0. The zero-order valence-electron chi connectivity index (χ0n) is 30.7. The Morgan fingerprint density at radius 1 is 0.196 bits per heavy atom. The lowest BCUT2D eigenvalue weighted by molar-refractivity contribution is 1.29. The fourth-order valence-corrected chi connectivity index (χ4v) is 8.80. The number of hydrogen-bond acceptors (Lipinski definition) is 2. The molecular formula is C54H36N2. The van der Waals surface area contributed by atoms with E-state index in [2.05, 4.69) is 228 Å². The van der Waals surface area contributed by atoms with E-state index >= 15 is 0 Å². The molecule has 11 rings (SSSR count). The maximum Gasteiger partial charge on any atom is 0.0540 e. The van der Waals surface area contributed by atoms with Crippen LogP contribution in [0.1, 0.15) is 0 Å². The van der Waals surface area contributed by atoms with Crippen molar-refractivity contribution in [2.24, 2.45) is 0 Å². The Hall–Kier alpha value is -7.42. The number of fused-ring (bicyclic) bond motifs is 10. The summed E-state index contributed by atoms with van der Waals surface area (Å²) in [6, 6.07) is 79.7. The van der Waals surface area contributed by atoms with Gasteiger partial charge in [-0.25, -0.2) is 0 Å². The van der Waals surface area contributed by atoms with E-state index in [0.29, 0.717) is 0 Å². The van der Waals surface area contributed by atoms with Gasteiger partial charge in [0.15, 0.2) is 0 Å². The van der Waals surface area contributed by atoms with Crippen LogP contribution in [0, 0.1) is 0 Å². The van der Waals surface area contributed by atoms with Gasteiger partial charge in [0.05, 0.1) is 22.7 Å². The van der Waals surface area contributed by atoms with E-state index in [-0.39, 0.29) is 0 Å². The van der Waals surface area contributed by atoms with Gasteiger partial charge in [0.2, 0.25) is 0 Å². The third-order valence-corrected chi connectivity index (χ3v) is 11.3. The van der Waals surface area contributed by atoms with Crippen molar-refractivity contribution in [3.63, 3.8) is 0 Å². The molecule has 2 heterocycles. The molecule has 0 saturated heterocycles. The van der Waals surface area contributed by atoms with Gasteiger partial charge in [-0.1, -0.05) is 158 Å². The molecular weight excluding hydrogens is 677 g/mol. The van der Waals surface area contributed by atoms with E-state index in [1.54, 1.807) is 0 Å². The van der Waals surface area contributed by atoms with Crippen LogP contribution in [-0.4, -0.2) is 0 Å². The van der Waals surface area contributed by atoms with Gasteiger partial charge in [0, 0.05) is 33.6 Å². The molecule has 9 aromatic rings. The molecule has 56 heavy (non-hydrogen) atoms. The molecule has 0 aromatic heterocycles. The first-order valence-corrected chi connectivity index (χ1v) is 19.3. The van der Waals surface area contributed by atoms with Crippen molar-refractivity contribution < 1.29 is 0 Å². The van der Waals surface area contributed by atoms with Crippen molar-refractivity contribution >= 4 is 34.1 Å². The maximum atomic E-state index is 2.45. The maximum absolute atomic E-state index is 2.45. The standard InChI is InChI=1S/C54H36N2/c1-3-16-37(17-4-1)38-18-15-21-42(34-38)56-52-29-14-12-27-48(52)44-23-8-10-25-46(44)50-36-40(31-33-54(50)56)39-30-32-53-49(35-39)45-24-9-7-22-43(45)47-26-11-13-28-51(47)55(53)41-19-5-2-6-20-41/h1-36H. The normalized spacial score (nSPS) is 12.2. The van der Waals surface area contributed by atoms with Crippen molar-refractivity contribution in [2.75, 3.05) is 9.80 Å². The second kappa shape index (κ2) is 13.2. The minimum Gasteiger partial charge on any atom is -0.309 e. The SMILES string of the molecule is c1ccc(-c2cccc(N3c4ccccc4-c4ccccc4-c4cc(-c5ccc6c(c5)-c5ccccc5-c5ccccc5N6c5ccccc5)ccc43)c2)cc1. The number of rotatable bonds is 4. The van der Waals surface area contributed by atoms with Crippen LogP contribution in [-0.2, 0) is 0 Å². The predicted octanol–water partition coefficient (Wildman–Crippen LogP) is 15.3. The highest BCUT2D eigenvalue weighted by Crippen LogP contribution is 2.54. The van der Waals surface area contributed by atoms with E-state index < -0.39 is 0 Å². The van der Waals surface area contributed by atoms with E-state index in [1.807, 2.05) is 0 Å². The quantitative estimate of drug-likeness (QED) is 0.179. The molecule has 2 aliphatic rings. The Morgan fingerprint density at radius 2 is 0.554 bits per heavy atom. The summed E-state index contributed by atoms with van der Waals surface area (Å²) in [5.74, 6) is 0. The first-order valence-electron chi connectivity index (χ1n) is 19.3. The topological polar surface area (TPSA) is 6.48 Å². The van der Waals surface area contributed by atoms with Crippen LogP contribution >= 0.6 is 0 Å². The average Bonchev–Trinajstić information content (AvgIpc) is 3.48. The monoisotopic (exact) mass is 712 g/mol. The molecule has 0 spiro atoms. The molecule has 0 bridgehead atoms. The van der Waals surface area contributed by atoms with Crippen LogP contribution in [0.2, 0.25) is 0 Å². The number of benzene rings is 9. The molecule has 0 radical (unpaired) electrons. The molecule has 9 aromatic carbocycles. The Bertz CT molecular complexity index is 2930. The fourth-order valence-electron chi connectivity index (χ4n) is 8.80. The predicted molar refractivity (Wildman–Crippen MR) is 236 cm³/mol. The van der Waals surface area contributed by atoms with E-state index in [4.69, 9.17) is 0 Å². The molecule has 0 N–H and O–H groups in total. The van der Waals surface area contributed by atoms with Gasteiger partial charge in [-0.15, -0.1) is 0 Å². The molecule has 0 fully saturated rings. The van der Waals surface area contributed by atoms with E-state index in [1.165, 1.54) is 78.1 Å². The lowest BCUT2D eigenvalue weighted by Crippen LogP contribution is -2.11. The summed E-state index contributed by atoms with van der Waals surface area (Å²) in [6.07, 6.45) is 0.